The average Bonchev–Trinajstić information content (AvgIpc) is 3.15. The van der Waals surface area contributed by atoms with E-state index in [1.54, 1.807) is 14.2 Å². The minimum atomic E-state index is -0.312. The molecule has 160 valence electrons. The van der Waals surface area contributed by atoms with Gasteiger partial charge in [0.15, 0.2) is 16.3 Å². The highest BCUT2D eigenvalue weighted by molar-refractivity contribution is 7.16. The van der Waals surface area contributed by atoms with Crippen molar-refractivity contribution in [3.05, 3.63) is 88.2 Å². The number of aromatic nitrogens is 1. The van der Waals surface area contributed by atoms with Gasteiger partial charge in [-0.15, -0.1) is 6.42 Å². The summed E-state index contributed by atoms with van der Waals surface area (Å²) in [6.45, 7) is 0.289. The van der Waals surface area contributed by atoms with Crippen LogP contribution in [0.25, 0.3) is 10.2 Å². The molecule has 4 rings (SSSR count). The molecule has 3 aromatic carbocycles. The lowest BCUT2D eigenvalue weighted by Gasteiger charge is -2.08. The number of benzene rings is 3. The minimum absolute atomic E-state index is 0.289. The summed E-state index contributed by atoms with van der Waals surface area (Å²) in [4.78, 5) is 17.8. The predicted octanol–water partition coefficient (Wildman–Crippen LogP) is 4.69. The molecule has 4 aromatic rings. The van der Waals surface area contributed by atoms with Gasteiger partial charge < -0.3 is 14.0 Å². The number of fused-ring (bicyclic) bond motifs is 1. The van der Waals surface area contributed by atoms with E-state index in [0.717, 1.165) is 22.2 Å². The van der Waals surface area contributed by atoms with Crippen LogP contribution in [0.4, 0.5) is 0 Å². The SMILES string of the molecule is C#CCn1c(=NC(=O)c2ccc(Cc3ccccc3)cc2)sc2cc(OC)c(OC)cc21. The van der Waals surface area contributed by atoms with Gasteiger partial charge in [0.25, 0.3) is 5.91 Å². The van der Waals surface area contributed by atoms with Gasteiger partial charge in [-0.1, -0.05) is 59.7 Å². The third kappa shape index (κ3) is 4.43. The van der Waals surface area contributed by atoms with Crippen molar-refractivity contribution in [2.45, 2.75) is 13.0 Å². The van der Waals surface area contributed by atoms with Gasteiger partial charge in [0.2, 0.25) is 0 Å². The van der Waals surface area contributed by atoms with Gasteiger partial charge in [0.05, 0.1) is 31.0 Å². The van der Waals surface area contributed by atoms with Crippen molar-refractivity contribution >= 4 is 27.5 Å². The second-order valence-corrected chi connectivity index (χ2v) is 8.14. The number of carbonyl (C=O) groups is 1. The fourth-order valence-electron chi connectivity index (χ4n) is 3.47. The van der Waals surface area contributed by atoms with Crippen molar-refractivity contribution in [2.75, 3.05) is 14.2 Å². The number of rotatable bonds is 6. The monoisotopic (exact) mass is 442 g/mol. The number of ether oxygens (including phenoxy) is 2. The van der Waals surface area contributed by atoms with E-state index in [0.29, 0.717) is 21.9 Å². The van der Waals surface area contributed by atoms with Crippen molar-refractivity contribution in [1.82, 2.24) is 4.57 Å². The number of carbonyl (C=O) groups excluding carboxylic acids is 1. The summed E-state index contributed by atoms with van der Waals surface area (Å²) in [5, 5.41) is 0. The molecule has 0 radical (unpaired) electrons. The van der Waals surface area contributed by atoms with Crippen LogP contribution in [0.5, 0.6) is 11.5 Å². The summed E-state index contributed by atoms with van der Waals surface area (Å²) < 4.78 is 13.5. The quantitative estimate of drug-likeness (QED) is 0.407. The molecule has 0 aliphatic rings. The van der Waals surface area contributed by atoms with Crippen molar-refractivity contribution in [1.29, 1.82) is 0 Å². The number of hydrogen-bond donors (Lipinski definition) is 0. The van der Waals surface area contributed by atoms with Crippen LogP contribution >= 0.6 is 11.3 Å². The maximum absolute atomic E-state index is 12.9. The molecule has 1 aromatic heterocycles. The second kappa shape index (κ2) is 9.54. The molecule has 0 saturated carbocycles. The van der Waals surface area contributed by atoms with E-state index in [4.69, 9.17) is 15.9 Å². The zero-order valence-corrected chi connectivity index (χ0v) is 18.7. The molecule has 0 spiro atoms. The molecule has 1 heterocycles. The Morgan fingerprint density at radius 2 is 1.66 bits per heavy atom. The van der Waals surface area contributed by atoms with Crippen LogP contribution in [0, 0.1) is 12.3 Å². The van der Waals surface area contributed by atoms with Crippen LogP contribution in [-0.4, -0.2) is 24.7 Å². The van der Waals surface area contributed by atoms with E-state index < -0.39 is 0 Å². The standard InChI is InChI=1S/C26H22N2O3S/c1-4-14-28-21-16-22(30-2)23(31-3)17-24(21)32-26(28)27-25(29)20-12-10-19(11-13-20)15-18-8-6-5-7-9-18/h1,5-13,16-17H,14-15H2,2-3H3. The van der Waals surface area contributed by atoms with E-state index >= 15 is 0 Å². The maximum Gasteiger partial charge on any atom is 0.279 e. The maximum atomic E-state index is 12.9. The molecule has 0 N–H and O–H groups in total. The first-order valence-corrected chi connectivity index (χ1v) is 10.9. The molecule has 0 unspecified atom stereocenters. The van der Waals surface area contributed by atoms with Gasteiger partial charge in [-0.3, -0.25) is 4.79 Å². The first-order chi connectivity index (χ1) is 15.6. The van der Waals surface area contributed by atoms with Gasteiger partial charge in [0, 0.05) is 17.7 Å². The molecule has 32 heavy (non-hydrogen) atoms. The third-order valence-electron chi connectivity index (χ3n) is 5.09. The van der Waals surface area contributed by atoms with Gasteiger partial charge in [-0.05, 0) is 29.7 Å². The summed E-state index contributed by atoms with van der Waals surface area (Å²) in [6, 6.07) is 21.5. The van der Waals surface area contributed by atoms with E-state index in [1.807, 2.05) is 59.2 Å². The van der Waals surface area contributed by atoms with Crippen LogP contribution in [0.3, 0.4) is 0 Å². The number of hydrogen-bond acceptors (Lipinski definition) is 4. The van der Waals surface area contributed by atoms with E-state index in [-0.39, 0.29) is 12.5 Å². The highest BCUT2D eigenvalue weighted by Gasteiger charge is 2.13. The first-order valence-electron chi connectivity index (χ1n) is 10.0. The summed E-state index contributed by atoms with van der Waals surface area (Å²) in [7, 11) is 3.17. The fourth-order valence-corrected chi connectivity index (χ4v) is 4.51. The topological polar surface area (TPSA) is 52.8 Å². The Hall–Kier alpha value is -3.82. The smallest absolute Gasteiger partial charge is 0.279 e. The van der Waals surface area contributed by atoms with Crippen LogP contribution in [0.15, 0.2) is 71.7 Å². The Morgan fingerprint density at radius 3 is 2.31 bits per heavy atom. The first kappa shape index (κ1) is 21.4. The minimum Gasteiger partial charge on any atom is -0.493 e. The van der Waals surface area contributed by atoms with E-state index in [2.05, 4.69) is 23.0 Å². The van der Waals surface area contributed by atoms with Crippen LogP contribution < -0.4 is 14.3 Å². The number of methoxy groups -OCH3 is 2. The highest BCUT2D eigenvalue weighted by Crippen LogP contribution is 2.33. The molecule has 0 fully saturated rings. The lowest BCUT2D eigenvalue weighted by molar-refractivity contribution is 0.0998. The summed E-state index contributed by atoms with van der Waals surface area (Å²) in [6.07, 6.45) is 6.39. The number of amides is 1. The fraction of sp³-hybridized carbons (Fsp3) is 0.154. The van der Waals surface area contributed by atoms with Crippen molar-refractivity contribution < 1.29 is 14.3 Å². The number of nitrogens with zero attached hydrogens (tertiary/aromatic N) is 2. The molecular formula is C26H22N2O3S. The number of terminal acetylenes is 1. The van der Waals surface area contributed by atoms with Crippen LogP contribution in [-0.2, 0) is 13.0 Å². The average molecular weight is 443 g/mol. The van der Waals surface area contributed by atoms with Crippen LogP contribution in [0.1, 0.15) is 21.5 Å². The van der Waals surface area contributed by atoms with Crippen molar-refractivity contribution in [2.24, 2.45) is 4.99 Å². The third-order valence-corrected chi connectivity index (χ3v) is 6.13. The second-order valence-electron chi connectivity index (χ2n) is 7.13. The largest absolute Gasteiger partial charge is 0.493 e. The lowest BCUT2D eigenvalue weighted by atomic mass is 10.0. The van der Waals surface area contributed by atoms with Gasteiger partial charge in [-0.25, -0.2) is 0 Å². The van der Waals surface area contributed by atoms with Gasteiger partial charge in [-0.2, -0.15) is 4.99 Å². The molecular weight excluding hydrogens is 420 g/mol. The Labute approximate surface area is 190 Å². The van der Waals surface area contributed by atoms with Crippen molar-refractivity contribution in [3.63, 3.8) is 0 Å². The Morgan fingerprint density at radius 1 is 1.00 bits per heavy atom. The predicted molar refractivity (Wildman–Crippen MR) is 127 cm³/mol. The molecule has 0 atom stereocenters. The zero-order chi connectivity index (χ0) is 22.5. The zero-order valence-electron chi connectivity index (χ0n) is 17.9. The van der Waals surface area contributed by atoms with Gasteiger partial charge >= 0.3 is 0 Å². The van der Waals surface area contributed by atoms with Crippen molar-refractivity contribution in [3.8, 4) is 23.8 Å². The highest BCUT2D eigenvalue weighted by atomic mass is 32.1. The van der Waals surface area contributed by atoms with Crippen LogP contribution in [0.2, 0.25) is 0 Å². The molecule has 6 heteroatoms. The molecule has 5 nitrogen and oxygen atoms in total. The molecule has 1 amide bonds. The normalized spacial score (nSPS) is 11.3. The molecule has 0 aliphatic carbocycles. The molecule has 0 aliphatic heterocycles. The Balaban J connectivity index is 1.68. The van der Waals surface area contributed by atoms with E-state index in [1.165, 1.54) is 16.9 Å². The summed E-state index contributed by atoms with van der Waals surface area (Å²) in [5.41, 5.74) is 3.73. The lowest BCUT2D eigenvalue weighted by Crippen LogP contribution is -2.16. The van der Waals surface area contributed by atoms with Gasteiger partial charge in [0.1, 0.15) is 0 Å². The Kier molecular flexibility index (Phi) is 6.39. The summed E-state index contributed by atoms with van der Waals surface area (Å²) >= 11 is 1.38. The summed E-state index contributed by atoms with van der Waals surface area (Å²) in [5.74, 6) is 3.53. The number of thiazole rings is 1. The Bertz CT molecular complexity index is 1360. The molecule has 0 saturated heterocycles. The molecule has 0 bridgehead atoms. The van der Waals surface area contributed by atoms with E-state index in [9.17, 15) is 4.79 Å².